The number of methoxy groups -OCH3 is 1. The van der Waals surface area contributed by atoms with E-state index in [1.54, 1.807) is 25.3 Å². The molecule has 1 aromatic carbocycles. The maximum absolute atomic E-state index is 12.4. The van der Waals surface area contributed by atoms with E-state index in [0.29, 0.717) is 16.7 Å². The Morgan fingerprint density at radius 3 is 2.73 bits per heavy atom. The topological polar surface area (TPSA) is 91.4 Å². The number of aliphatic hydroxyl groups excluding tert-OH is 1. The average Bonchev–Trinajstić information content (AvgIpc) is 2.51. The van der Waals surface area contributed by atoms with Crippen molar-refractivity contribution in [3.05, 3.63) is 40.2 Å². The number of fused-ring (bicyclic) bond motifs is 1. The minimum Gasteiger partial charge on any atom is -0.497 e. The molecule has 0 fully saturated rings. The van der Waals surface area contributed by atoms with Crippen LogP contribution in [-0.4, -0.2) is 35.8 Å². The fraction of sp³-hybridized carbons (Fsp3) is 0.375. The third-order valence-corrected chi connectivity index (χ3v) is 3.65. The predicted octanol–water partition coefficient (Wildman–Crippen LogP) is 1.28. The number of aromatic nitrogens is 1. The van der Waals surface area contributed by atoms with Crippen LogP contribution < -0.4 is 15.5 Å². The SMILES string of the molecule is COc1ccc2c(=O)c(C(=O)NC(CO)C(C)C)c[nH]c2c1. The summed E-state index contributed by atoms with van der Waals surface area (Å²) in [5.74, 6) is 0.199. The summed E-state index contributed by atoms with van der Waals surface area (Å²) >= 11 is 0. The van der Waals surface area contributed by atoms with E-state index < -0.39 is 11.9 Å². The molecule has 1 atom stereocenters. The number of nitrogens with one attached hydrogen (secondary N) is 2. The van der Waals surface area contributed by atoms with Gasteiger partial charge in [-0.3, -0.25) is 9.59 Å². The predicted molar refractivity (Wildman–Crippen MR) is 84.3 cm³/mol. The molecule has 0 saturated carbocycles. The summed E-state index contributed by atoms with van der Waals surface area (Å²) in [5, 5.41) is 12.4. The maximum Gasteiger partial charge on any atom is 0.257 e. The Balaban J connectivity index is 2.38. The van der Waals surface area contributed by atoms with Crippen LogP contribution in [0.25, 0.3) is 10.9 Å². The number of rotatable bonds is 5. The summed E-state index contributed by atoms with van der Waals surface area (Å²) < 4.78 is 5.10. The van der Waals surface area contributed by atoms with Gasteiger partial charge in [-0.1, -0.05) is 13.8 Å². The molecular weight excluding hydrogens is 284 g/mol. The molecule has 0 saturated heterocycles. The number of carbonyl (C=O) groups is 1. The molecule has 1 heterocycles. The van der Waals surface area contributed by atoms with Gasteiger partial charge in [0.1, 0.15) is 11.3 Å². The van der Waals surface area contributed by atoms with Crippen LogP contribution in [0.1, 0.15) is 24.2 Å². The molecule has 0 spiro atoms. The molecule has 0 aliphatic heterocycles. The Kier molecular flexibility index (Phi) is 4.82. The minimum atomic E-state index is -0.494. The summed E-state index contributed by atoms with van der Waals surface area (Å²) in [6.45, 7) is 3.60. The lowest BCUT2D eigenvalue weighted by Gasteiger charge is -2.19. The van der Waals surface area contributed by atoms with Gasteiger partial charge in [-0.05, 0) is 18.1 Å². The van der Waals surface area contributed by atoms with Gasteiger partial charge in [0.25, 0.3) is 5.91 Å². The lowest BCUT2D eigenvalue weighted by Crippen LogP contribution is -2.42. The van der Waals surface area contributed by atoms with E-state index >= 15 is 0 Å². The molecule has 118 valence electrons. The van der Waals surface area contributed by atoms with Crippen LogP contribution in [-0.2, 0) is 0 Å². The van der Waals surface area contributed by atoms with Crippen LogP contribution >= 0.6 is 0 Å². The number of H-pyrrole nitrogens is 1. The summed E-state index contributed by atoms with van der Waals surface area (Å²) in [4.78, 5) is 27.6. The van der Waals surface area contributed by atoms with Crippen molar-refractivity contribution >= 4 is 16.8 Å². The lowest BCUT2D eigenvalue weighted by atomic mass is 10.0. The van der Waals surface area contributed by atoms with Crippen molar-refractivity contribution in [2.75, 3.05) is 13.7 Å². The monoisotopic (exact) mass is 304 g/mol. The van der Waals surface area contributed by atoms with E-state index in [1.807, 2.05) is 13.8 Å². The van der Waals surface area contributed by atoms with Crippen LogP contribution in [0, 0.1) is 5.92 Å². The van der Waals surface area contributed by atoms with E-state index in [2.05, 4.69) is 10.3 Å². The van der Waals surface area contributed by atoms with E-state index in [4.69, 9.17) is 4.74 Å². The lowest BCUT2D eigenvalue weighted by molar-refractivity contribution is 0.0895. The molecule has 3 N–H and O–H groups in total. The second-order valence-electron chi connectivity index (χ2n) is 5.45. The van der Waals surface area contributed by atoms with E-state index in [9.17, 15) is 14.7 Å². The van der Waals surface area contributed by atoms with Gasteiger partial charge in [-0.2, -0.15) is 0 Å². The molecule has 22 heavy (non-hydrogen) atoms. The van der Waals surface area contributed by atoms with Gasteiger partial charge in [-0.25, -0.2) is 0 Å². The summed E-state index contributed by atoms with van der Waals surface area (Å²) in [5.41, 5.74) is 0.273. The van der Waals surface area contributed by atoms with Crippen LogP contribution in [0.4, 0.5) is 0 Å². The molecule has 1 unspecified atom stereocenters. The molecule has 2 rings (SSSR count). The fourth-order valence-electron chi connectivity index (χ4n) is 2.17. The van der Waals surface area contributed by atoms with Crippen LogP contribution in [0.5, 0.6) is 5.75 Å². The summed E-state index contributed by atoms with van der Waals surface area (Å²) in [6, 6.07) is 4.60. The molecule has 0 aliphatic rings. The number of benzene rings is 1. The number of hydrogen-bond donors (Lipinski definition) is 3. The Bertz CT molecular complexity index is 736. The standard InChI is InChI=1S/C16H20N2O4/c1-9(2)14(8-19)18-16(21)12-7-17-13-6-10(22-3)4-5-11(13)15(12)20/h4-7,9,14,19H,8H2,1-3H3,(H,17,20)(H,18,21). The van der Waals surface area contributed by atoms with Crippen molar-refractivity contribution in [3.8, 4) is 5.75 Å². The zero-order valence-corrected chi connectivity index (χ0v) is 12.8. The van der Waals surface area contributed by atoms with Gasteiger partial charge in [0.2, 0.25) is 5.43 Å². The van der Waals surface area contributed by atoms with Crippen LogP contribution in [0.15, 0.2) is 29.2 Å². The maximum atomic E-state index is 12.4. The van der Waals surface area contributed by atoms with Crippen molar-refractivity contribution in [2.24, 2.45) is 5.92 Å². The van der Waals surface area contributed by atoms with Gasteiger partial charge < -0.3 is 20.1 Å². The molecular formula is C16H20N2O4. The van der Waals surface area contributed by atoms with Gasteiger partial charge in [0.15, 0.2) is 0 Å². The molecule has 2 aromatic rings. The summed E-state index contributed by atoms with van der Waals surface area (Å²) in [7, 11) is 1.54. The molecule has 1 aromatic heterocycles. The first kappa shape index (κ1) is 16.0. The molecule has 6 heteroatoms. The van der Waals surface area contributed by atoms with E-state index in [0.717, 1.165) is 0 Å². The van der Waals surface area contributed by atoms with Gasteiger partial charge in [0, 0.05) is 17.6 Å². The van der Waals surface area contributed by atoms with Gasteiger partial charge >= 0.3 is 0 Å². The zero-order chi connectivity index (χ0) is 16.3. The van der Waals surface area contributed by atoms with Crippen LogP contribution in [0.2, 0.25) is 0 Å². The third-order valence-electron chi connectivity index (χ3n) is 3.65. The Morgan fingerprint density at radius 2 is 2.14 bits per heavy atom. The normalized spacial score (nSPS) is 12.4. The van der Waals surface area contributed by atoms with Gasteiger partial charge in [-0.15, -0.1) is 0 Å². The first-order chi connectivity index (χ1) is 10.5. The highest BCUT2D eigenvalue weighted by Gasteiger charge is 2.19. The van der Waals surface area contributed by atoms with Crippen molar-refractivity contribution in [1.29, 1.82) is 0 Å². The quantitative estimate of drug-likeness (QED) is 0.776. The number of hydrogen-bond acceptors (Lipinski definition) is 4. The van der Waals surface area contributed by atoms with Crippen molar-refractivity contribution in [1.82, 2.24) is 10.3 Å². The number of aliphatic hydroxyl groups is 1. The number of aromatic amines is 1. The largest absolute Gasteiger partial charge is 0.497 e. The van der Waals surface area contributed by atoms with E-state index in [-0.39, 0.29) is 23.5 Å². The summed E-state index contributed by atoms with van der Waals surface area (Å²) in [6.07, 6.45) is 1.38. The molecule has 0 aliphatic carbocycles. The first-order valence-corrected chi connectivity index (χ1v) is 7.09. The average molecular weight is 304 g/mol. The highest BCUT2D eigenvalue weighted by Crippen LogP contribution is 2.16. The Morgan fingerprint density at radius 1 is 1.41 bits per heavy atom. The number of amides is 1. The Labute approximate surface area is 128 Å². The molecule has 1 amide bonds. The zero-order valence-electron chi connectivity index (χ0n) is 12.8. The van der Waals surface area contributed by atoms with Crippen LogP contribution in [0.3, 0.4) is 0 Å². The number of ether oxygens (including phenoxy) is 1. The minimum absolute atomic E-state index is 0.0248. The van der Waals surface area contributed by atoms with Crippen molar-refractivity contribution in [2.45, 2.75) is 19.9 Å². The number of carbonyl (C=O) groups excluding carboxylic acids is 1. The fourth-order valence-corrected chi connectivity index (χ4v) is 2.17. The molecule has 0 radical (unpaired) electrons. The van der Waals surface area contributed by atoms with E-state index in [1.165, 1.54) is 6.20 Å². The number of pyridine rings is 1. The smallest absolute Gasteiger partial charge is 0.257 e. The van der Waals surface area contributed by atoms with Crippen molar-refractivity contribution in [3.63, 3.8) is 0 Å². The van der Waals surface area contributed by atoms with Gasteiger partial charge in [0.05, 0.1) is 25.3 Å². The Hall–Kier alpha value is -2.34. The molecule has 6 nitrogen and oxygen atoms in total. The second-order valence-corrected chi connectivity index (χ2v) is 5.45. The second kappa shape index (κ2) is 6.62. The highest BCUT2D eigenvalue weighted by molar-refractivity contribution is 5.97. The third kappa shape index (κ3) is 3.12. The highest BCUT2D eigenvalue weighted by atomic mass is 16.5. The first-order valence-electron chi connectivity index (χ1n) is 7.09. The van der Waals surface area contributed by atoms with Crippen molar-refractivity contribution < 1.29 is 14.6 Å². The molecule has 0 bridgehead atoms.